The van der Waals surface area contributed by atoms with E-state index in [4.69, 9.17) is 14.7 Å². The molecular weight excluding hydrogens is 406 g/mol. The molecule has 1 N–H and O–H groups in total. The van der Waals surface area contributed by atoms with Gasteiger partial charge < -0.3 is 10.1 Å². The Morgan fingerprint density at radius 2 is 1.71 bits per heavy atom. The number of benzene rings is 3. The Labute approximate surface area is 185 Å². The number of carbonyl (C=O) groups excluding carboxylic acids is 1. The number of para-hydroxylation sites is 1. The quantitative estimate of drug-likeness (QED) is 0.317. The summed E-state index contributed by atoms with van der Waals surface area (Å²) in [5.74, 6) is 1.53. The Morgan fingerprint density at radius 1 is 0.968 bits per heavy atom. The van der Waals surface area contributed by atoms with Crippen LogP contribution in [0, 0.1) is 13.8 Å². The summed E-state index contributed by atoms with van der Waals surface area (Å²) in [5, 5.41) is 4.65. The van der Waals surface area contributed by atoms with E-state index in [0.29, 0.717) is 5.82 Å². The Morgan fingerprint density at radius 3 is 2.42 bits per heavy atom. The molecule has 3 aromatic carbocycles. The molecule has 0 aliphatic carbocycles. The molecule has 0 radical (unpaired) electrons. The number of nitrogens with zero attached hydrogens (tertiary/aromatic N) is 2. The van der Waals surface area contributed by atoms with Crippen LogP contribution in [0.15, 0.2) is 71.8 Å². The van der Waals surface area contributed by atoms with E-state index in [1.807, 2.05) is 80.6 Å². The topological polar surface area (TPSA) is 64.1 Å². The fraction of sp³-hybridized carbons (Fsp3) is 0.160. The van der Waals surface area contributed by atoms with E-state index in [1.54, 1.807) is 7.11 Å². The van der Waals surface area contributed by atoms with Gasteiger partial charge in [0.1, 0.15) is 10.8 Å². The third kappa shape index (κ3) is 4.70. The van der Waals surface area contributed by atoms with Crippen LogP contribution in [-0.2, 0) is 4.79 Å². The van der Waals surface area contributed by atoms with Crippen molar-refractivity contribution in [1.82, 2.24) is 9.97 Å². The molecule has 156 valence electrons. The molecule has 0 fully saturated rings. The molecule has 4 aromatic rings. The number of hydrogen-bond acceptors (Lipinski definition) is 5. The van der Waals surface area contributed by atoms with E-state index in [1.165, 1.54) is 11.8 Å². The molecule has 5 nitrogen and oxygen atoms in total. The molecule has 1 aromatic heterocycles. The van der Waals surface area contributed by atoms with Crippen LogP contribution >= 0.6 is 11.8 Å². The maximum absolute atomic E-state index is 12.7. The van der Waals surface area contributed by atoms with Gasteiger partial charge in [-0.1, -0.05) is 60.3 Å². The number of fused-ring (bicyclic) bond motifs is 1. The molecule has 1 amide bonds. The van der Waals surface area contributed by atoms with Gasteiger partial charge in [0.25, 0.3) is 0 Å². The fourth-order valence-corrected chi connectivity index (χ4v) is 4.16. The highest BCUT2D eigenvalue weighted by atomic mass is 32.2. The van der Waals surface area contributed by atoms with Crippen LogP contribution in [0.25, 0.3) is 22.3 Å². The predicted octanol–water partition coefficient (Wildman–Crippen LogP) is 5.65. The van der Waals surface area contributed by atoms with Crippen LogP contribution in [0.2, 0.25) is 0 Å². The third-order valence-corrected chi connectivity index (χ3v) is 5.98. The first-order valence-electron chi connectivity index (χ1n) is 9.95. The smallest absolute Gasteiger partial charge is 0.234 e. The predicted molar refractivity (Wildman–Crippen MR) is 127 cm³/mol. The van der Waals surface area contributed by atoms with Gasteiger partial charge in [-0.2, -0.15) is 0 Å². The number of aromatic nitrogens is 2. The molecule has 4 rings (SSSR count). The summed E-state index contributed by atoms with van der Waals surface area (Å²) >= 11 is 1.40. The molecule has 0 saturated carbocycles. The number of thioether (sulfide) groups is 1. The summed E-state index contributed by atoms with van der Waals surface area (Å²) in [6.45, 7) is 3.98. The Bertz CT molecular complexity index is 1220. The molecule has 0 saturated heterocycles. The molecule has 0 unspecified atom stereocenters. The zero-order chi connectivity index (χ0) is 21.8. The number of hydrogen-bond donors (Lipinski definition) is 1. The van der Waals surface area contributed by atoms with Crippen LogP contribution in [0.4, 0.5) is 5.69 Å². The first kappa shape index (κ1) is 20.9. The monoisotopic (exact) mass is 429 g/mol. The number of anilines is 1. The van der Waals surface area contributed by atoms with Crippen molar-refractivity contribution in [2.45, 2.75) is 18.9 Å². The SMILES string of the molecule is COc1ccc2nc(-c3ccccc3)nc(SCC(=O)Nc3c(C)cccc3C)c2c1. The number of aryl methyl sites for hydroxylation is 2. The maximum atomic E-state index is 12.7. The lowest BCUT2D eigenvalue weighted by molar-refractivity contribution is -0.113. The molecule has 1 heterocycles. The van der Waals surface area contributed by atoms with Gasteiger partial charge >= 0.3 is 0 Å². The van der Waals surface area contributed by atoms with Crippen LogP contribution < -0.4 is 10.1 Å². The number of methoxy groups -OCH3 is 1. The second-order valence-corrected chi connectivity index (χ2v) is 8.17. The lowest BCUT2D eigenvalue weighted by Gasteiger charge is -2.12. The van der Waals surface area contributed by atoms with E-state index in [2.05, 4.69) is 5.32 Å². The van der Waals surface area contributed by atoms with Crippen LogP contribution in [0.3, 0.4) is 0 Å². The Hall–Kier alpha value is -3.38. The second kappa shape index (κ2) is 9.18. The molecule has 0 bridgehead atoms. The van der Waals surface area contributed by atoms with E-state index in [0.717, 1.165) is 44.1 Å². The first-order valence-corrected chi connectivity index (χ1v) is 10.9. The summed E-state index contributed by atoms with van der Waals surface area (Å²) in [5.41, 5.74) is 4.70. The number of rotatable bonds is 6. The van der Waals surface area contributed by atoms with Gasteiger partial charge in [0.2, 0.25) is 5.91 Å². The Kier molecular flexibility index (Phi) is 6.18. The molecule has 0 aliphatic heterocycles. The van der Waals surface area contributed by atoms with Crippen molar-refractivity contribution in [2.24, 2.45) is 0 Å². The van der Waals surface area contributed by atoms with E-state index in [9.17, 15) is 4.79 Å². The molecule has 6 heteroatoms. The minimum Gasteiger partial charge on any atom is -0.497 e. The second-order valence-electron chi connectivity index (χ2n) is 7.21. The largest absolute Gasteiger partial charge is 0.497 e. The van der Waals surface area contributed by atoms with Gasteiger partial charge in [-0.3, -0.25) is 4.79 Å². The maximum Gasteiger partial charge on any atom is 0.234 e. The normalized spacial score (nSPS) is 10.8. The van der Waals surface area contributed by atoms with Crippen molar-refractivity contribution in [3.8, 4) is 17.1 Å². The summed E-state index contributed by atoms with van der Waals surface area (Å²) in [4.78, 5) is 22.2. The van der Waals surface area contributed by atoms with E-state index >= 15 is 0 Å². The first-order chi connectivity index (χ1) is 15.0. The van der Waals surface area contributed by atoms with E-state index in [-0.39, 0.29) is 11.7 Å². The summed E-state index contributed by atoms with van der Waals surface area (Å²) in [6, 6.07) is 21.5. The van der Waals surface area contributed by atoms with Crippen molar-refractivity contribution in [3.63, 3.8) is 0 Å². The van der Waals surface area contributed by atoms with Crippen molar-refractivity contribution < 1.29 is 9.53 Å². The summed E-state index contributed by atoms with van der Waals surface area (Å²) in [7, 11) is 1.63. The molecule has 0 spiro atoms. The zero-order valence-electron chi connectivity index (χ0n) is 17.7. The Balaban J connectivity index is 1.64. The highest BCUT2D eigenvalue weighted by molar-refractivity contribution is 8.00. The lowest BCUT2D eigenvalue weighted by atomic mass is 10.1. The van der Waals surface area contributed by atoms with Gasteiger partial charge in [-0.25, -0.2) is 9.97 Å². The van der Waals surface area contributed by atoms with Crippen molar-refractivity contribution in [2.75, 3.05) is 18.2 Å². The van der Waals surface area contributed by atoms with Gasteiger partial charge in [0, 0.05) is 16.6 Å². The van der Waals surface area contributed by atoms with Crippen molar-refractivity contribution in [3.05, 3.63) is 77.9 Å². The average Bonchev–Trinajstić information content (AvgIpc) is 2.80. The molecule has 31 heavy (non-hydrogen) atoms. The van der Waals surface area contributed by atoms with Crippen LogP contribution in [0.1, 0.15) is 11.1 Å². The minimum absolute atomic E-state index is 0.0710. The molecular formula is C25H23N3O2S. The van der Waals surface area contributed by atoms with Gasteiger partial charge in [0.05, 0.1) is 18.4 Å². The van der Waals surface area contributed by atoms with Crippen LogP contribution in [-0.4, -0.2) is 28.7 Å². The van der Waals surface area contributed by atoms with Gasteiger partial charge in [-0.05, 0) is 43.2 Å². The zero-order valence-corrected chi connectivity index (χ0v) is 18.5. The minimum atomic E-state index is -0.0710. The summed E-state index contributed by atoms with van der Waals surface area (Å²) in [6.07, 6.45) is 0. The van der Waals surface area contributed by atoms with E-state index < -0.39 is 0 Å². The van der Waals surface area contributed by atoms with Gasteiger partial charge in [-0.15, -0.1) is 0 Å². The number of ether oxygens (including phenoxy) is 1. The molecule has 0 atom stereocenters. The third-order valence-electron chi connectivity index (χ3n) is 4.99. The number of nitrogens with one attached hydrogen (secondary N) is 1. The van der Waals surface area contributed by atoms with Crippen molar-refractivity contribution >= 4 is 34.3 Å². The number of amides is 1. The van der Waals surface area contributed by atoms with Crippen molar-refractivity contribution in [1.29, 1.82) is 0 Å². The number of carbonyl (C=O) groups is 1. The average molecular weight is 430 g/mol. The highest BCUT2D eigenvalue weighted by Crippen LogP contribution is 2.31. The lowest BCUT2D eigenvalue weighted by Crippen LogP contribution is -2.16. The fourth-order valence-electron chi connectivity index (χ4n) is 3.35. The van der Waals surface area contributed by atoms with Crippen LogP contribution in [0.5, 0.6) is 5.75 Å². The standard InChI is InChI=1S/C25H23N3O2S/c1-16-8-7-9-17(2)23(16)27-22(29)15-31-25-20-14-19(30-3)12-13-21(20)26-24(28-25)18-10-5-4-6-11-18/h4-14H,15H2,1-3H3,(H,27,29). The summed E-state index contributed by atoms with van der Waals surface area (Å²) < 4.78 is 5.38. The molecule has 0 aliphatic rings. The highest BCUT2D eigenvalue weighted by Gasteiger charge is 2.14. The van der Waals surface area contributed by atoms with Gasteiger partial charge in [0.15, 0.2) is 5.82 Å².